The van der Waals surface area contributed by atoms with Crippen LogP contribution < -0.4 is 5.56 Å². The predicted octanol–water partition coefficient (Wildman–Crippen LogP) is -0.522. The molecule has 32 heavy (non-hydrogen) atoms. The molecule has 4 heterocycles. The Balaban J connectivity index is 1.38. The van der Waals surface area contributed by atoms with Crippen LogP contribution in [0.3, 0.4) is 0 Å². The molecule has 2 N–H and O–H groups in total. The van der Waals surface area contributed by atoms with Gasteiger partial charge in [-0.15, -0.1) is 0 Å². The number of carbonyl (C=O) groups is 2. The van der Waals surface area contributed by atoms with Crippen molar-refractivity contribution in [2.75, 3.05) is 13.2 Å². The standard InChI is InChI=1S/C20H18FN5O6/c21-13-12(7-27)32-20(15(13)28)26-9-22-14-16(26)23-8-24(19(14)31)5-6-25-17(29)10-3-1-2-4-11(10)18(25)30/h1-4,8-9,12-13,15,20,27-28H,5-7H2/t12-,13-,15-,20-/m1/s1. The molecule has 166 valence electrons. The first kappa shape index (κ1) is 20.4. The van der Waals surface area contributed by atoms with Crippen LogP contribution >= 0.6 is 0 Å². The SMILES string of the molecule is O=C1c2ccccc2C(=O)N1CCn1cnc2c(ncn2[C@@H]2O[C@H](CO)[C@@H](F)[C@H]2O)c1=O. The minimum absolute atomic E-state index is 0.00178. The number of aromatic nitrogens is 4. The first-order chi connectivity index (χ1) is 15.4. The number of benzene rings is 1. The third kappa shape index (κ3) is 2.95. The van der Waals surface area contributed by atoms with Crippen molar-refractivity contribution in [2.24, 2.45) is 0 Å². The molecule has 12 heteroatoms. The Hall–Kier alpha value is -3.48. The number of amides is 2. The van der Waals surface area contributed by atoms with E-state index in [9.17, 15) is 29.0 Å². The van der Waals surface area contributed by atoms with E-state index < -0.39 is 48.6 Å². The van der Waals surface area contributed by atoms with E-state index in [-0.39, 0.29) is 24.3 Å². The first-order valence-electron chi connectivity index (χ1n) is 9.88. The summed E-state index contributed by atoms with van der Waals surface area (Å²) in [6.07, 6.45) is -3.35. The van der Waals surface area contributed by atoms with E-state index in [0.717, 1.165) is 4.90 Å². The van der Waals surface area contributed by atoms with E-state index >= 15 is 0 Å². The molecule has 1 aromatic carbocycles. The number of carbonyl (C=O) groups excluding carboxylic acids is 2. The number of ether oxygens (including phenoxy) is 1. The molecule has 0 bridgehead atoms. The Bertz CT molecular complexity index is 1250. The number of aliphatic hydroxyl groups excluding tert-OH is 2. The summed E-state index contributed by atoms with van der Waals surface area (Å²) < 4.78 is 21.9. The third-order valence-corrected chi connectivity index (χ3v) is 5.74. The van der Waals surface area contributed by atoms with Crippen LogP contribution in [0.4, 0.5) is 4.39 Å². The van der Waals surface area contributed by atoms with Crippen LogP contribution in [0.15, 0.2) is 41.7 Å². The monoisotopic (exact) mass is 443 g/mol. The zero-order valence-corrected chi connectivity index (χ0v) is 16.5. The predicted molar refractivity (Wildman–Crippen MR) is 105 cm³/mol. The maximum atomic E-state index is 14.1. The number of fused-ring (bicyclic) bond motifs is 2. The van der Waals surface area contributed by atoms with Gasteiger partial charge < -0.3 is 14.9 Å². The number of imidazole rings is 1. The van der Waals surface area contributed by atoms with Crippen molar-refractivity contribution >= 4 is 23.0 Å². The highest BCUT2D eigenvalue weighted by Crippen LogP contribution is 2.32. The van der Waals surface area contributed by atoms with Crippen LogP contribution in [0, 0.1) is 0 Å². The van der Waals surface area contributed by atoms with Crippen molar-refractivity contribution < 1.29 is 28.9 Å². The number of halogens is 1. The van der Waals surface area contributed by atoms with Gasteiger partial charge in [-0.3, -0.25) is 28.4 Å². The lowest BCUT2D eigenvalue weighted by molar-refractivity contribution is -0.0495. The van der Waals surface area contributed by atoms with Gasteiger partial charge in [0.1, 0.15) is 18.5 Å². The van der Waals surface area contributed by atoms with Gasteiger partial charge in [0.15, 0.2) is 23.6 Å². The minimum atomic E-state index is -1.80. The topological polar surface area (TPSA) is 140 Å². The molecule has 2 aromatic heterocycles. The Morgan fingerprint density at radius 1 is 1.03 bits per heavy atom. The summed E-state index contributed by atoms with van der Waals surface area (Å²) in [6.45, 7) is -0.645. The van der Waals surface area contributed by atoms with E-state index in [1.54, 1.807) is 24.3 Å². The summed E-state index contributed by atoms with van der Waals surface area (Å²) in [5.74, 6) is -0.855. The maximum Gasteiger partial charge on any atom is 0.281 e. The molecular formula is C20H18FN5O6. The van der Waals surface area contributed by atoms with Gasteiger partial charge in [0, 0.05) is 13.1 Å². The average Bonchev–Trinajstić information content (AvgIpc) is 3.43. The largest absolute Gasteiger partial charge is 0.394 e. The number of alkyl halides is 1. The molecule has 0 unspecified atom stereocenters. The molecule has 3 aromatic rings. The second-order valence-electron chi connectivity index (χ2n) is 7.56. The van der Waals surface area contributed by atoms with Crippen LogP contribution in [0.5, 0.6) is 0 Å². The molecular weight excluding hydrogens is 425 g/mol. The van der Waals surface area contributed by atoms with Gasteiger partial charge in [-0.05, 0) is 12.1 Å². The van der Waals surface area contributed by atoms with Gasteiger partial charge in [0.25, 0.3) is 17.4 Å². The lowest BCUT2D eigenvalue weighted by Crippen LogP contribution is -2.35. The van der Waals surface area contributed by atoms with Crippen LogP contribution in [-0.2, 0) is 11.3 Å². The zero-order valence-electron chi connectivity index (χ0n) is 16.5. The van der Waals surface area contributed by atoms with E-state index in [1.807, 2.05) is 0 Å². The molecule has 0 saturated carbocycles. The fraction of sp³-hybridized carbons (Fsp3) is 0.350. The van der Waals surface area contributed by atoms with Crippen LogP contribution in [0.2, 0.25) is 0 Å². The summed E-state index contributed by atoms with van der Waals surface area (Å²) in [7, 11) is 0. The molecule has 11 nitrogen and oxygen atoms in total. The van der Waals surface area contributed by atoms with Crippen molar-refractivity contribution in [1.29, 1.82) is 0 Å². The minimum Gasteiger partial charge on any atom is -0.394 e. The van der Waals surface area contributed by atoms with Gasteiger partial charge in [-0.25, -0.2) is 14.4 Å². The molecule has 1 fully saturated rings. The van der Waals surface area contributed by atoms with Crippen molar-refractivity contribution in [3.63, 3.8) is 0 Å². The highest BCUT2D eigenvalue weighted by atomic mass is 19.1. The van der Waals surface area contributed by atoms with E-state index in [4.69, 9.17) is 4.74 Å². The summed E-state index contributed by atoms with van der Waals surface area (Å²) in [6, 6.07) is 6.49. The fourth-order valence-electron chi connectivity index (χ4n) is 4.03. The van der Waals surface area contributed by atoms with Gasteiger partial charge in [0.05, 0.1) is 24.1 Å². The van der Waals surface area contributed by atoms with Crippen molar-refractivity contribution in [3.8, 4) is 0 Å². The second kappa shape index (κ2) is 7.58. The summed E-state index contributed by atoms with van der Waals surface area (Å²) in [5, 5.41) is 19.3. The Morgan fingerprint density at radius 2 is 1.72 bits per heavy atom. The molecule has 2 amide bonds. The van der Waals surface area contributed by atoms with E-state index in [1.165, 1.54) is 21.8 Å². The van der Waals surface area contributed by atoms with Crippen LogP contribution in [0.25, 0.3) is 11.2 Å². The number of hydrogen-bond donors (Lipinski definition) is 2. The highest BCUT2D eigenvalue weighted by molar-refractivity contribution is 6.21. The smallest absolute Gasteiger partial charge is 0.281 e. The molecule has 4 atom stereocenters. The number of aliphatic hydroxyl groups is 2. The molecule has 5 rings (SSSR count). The summed E-state index contributed by atoms with van der Waals surface area (Å²) in [4.78, 5) is 47.1. The van der Waals surface area contributed by atoms with Crippen LogP contribution in [0.1, 0.15) is 26.9 Å². The second-order valence-corrected chi connectivity index (χ2v) is 7.56. The van der Waals surface area contributed by atoms with Crippen molar-refractivity contribution in [1.82, 2.24) is 24.0 Å². The summed E-state index contributed by atoms with van der Waals surface area (Å²) >= 11 is 0. The average molecular weight is 443 g/mol. The van der Waals surface area contributed by atoms with Crippen molar-refractivity contribution in [2.45, 2.75) is 31.2 Å². The maximum absolute atomic E-state index is 14.1. The Kier molecular flexibility index (Phi) is 4.84. The van der Waals surface area contributed by atoms with Gasteiger partial charge in [-0.2, -0.15) is 0 Å². The Morgan fingerprint density at radius 3 is 2.34 bits per heavy atom. The zero-order chi connectivity index (χ0) is 22.6. The van der Waals surface area contributed by atoms with E-state index in [2.05, 4.69) is 9.97 Å². The first-order valence-corrected chi connectivity index (χ1v) is 9.88. The molecule has 2 aliphatic rings. The quantitative estimate of drug-likeness (QED) is 0.502. The molecule has 1 saturated heterocycles. The lowest BCUT2D eigenvalue weighted by Gasteiger charge is -2.16. The summed E-state index contributed by atoms with van der Waals surface area (Å²) in [5.41, 5.74) is 0.128. The Labute approximate surface area is 179 Å². The number of nitrogens with zero attached hydrogens (tertiary/aromatic N) is 5. The molecule has 0 aliphatic carbocycles. The number of rotatable bonds is 5. The third-order valence-electron chi connectivity index (χ3n) is 5.74. The van der Waals surface area contributed by atoms with Gasteiger partial charge in [0.2, 0.25) is 0 Å². The number of imide groups is 1. The van der Waals surface area contributed by atoms with Crippen molar-refractivity contribution in [3.05, 3.63) is 58.4 Å². The molecule has 0 radical (unpaired) electrons. The highest BCUT2D eigenvalue weighted by Gasteiger charge is 2.45. The lowest BCUT2D eigenvalue weighted by atomic mass is 10.1. The van der Waals surface area contributed by atoms with Gasteiger partial charge >= 0.3 is 0 Å². The van der Waals surface area contributed by atoms with E-state index in [0.29, 0.717) is 11.1 Å². The van der Waals surface area contributed by atoms with Crippen LogP contribution in [-0.4, -0.2) is 77.6 Å². The fourth-order valence-corrected chi connectivity index (χ4v) is 4.03. The number of hydrogen-bond acceptors (Lipinski definition) is 8. The van der Waals surface area contributed by atoms with Gasteiger partial charge in [-0.1, -0.05) is 12.1 Å². The molecule has 2 aliphatic heterocycles. The molecule has 0 spiro atoms. The normalized spacial score (nSPS) is 25.2.